The Morgan fingerprint density at radius 2 is 1.96 bits per heavy atom. The molecule has 2 aliphatic rings. The molecule has 2 rings (SSSR count). The number of rotatable bonds is 4. The van der Waals surface area contributed by atoms with Crippen LogP contribution in [0.4, 0.5) is 4.79 Å². The molecule has 2 fully saturated rings. The number of ether oxygens (including phenoxy) is 1. The smallest absolute Gasteiger partial charge is 0.410 e. The molecule has 0 spiro atoms. The Hall–Kier alpha value is -0.770. The Labute approximate surface area is 148 Å². The highest BCUT2D eigenvalue weighted by atomic mass is 16.6. The predicted molar refractivity (Wildman–Crippen MR) is 99.2 cm³/mol. The van der Waals surface area contributed by atoms with Gasteiger partial charge in [-0.3, -0.25) is 0 Å². The molecule has 4 heteroatoms. The summed E-state index contributed by atoms with van der Waals surface area (Å²) in [6.07, 6.45) is 8.63. The van der Waals surface area contributed by atoms with Gasteiger partial charge in [0.25, 0.3) is 0 Å². The Balaban J connectivity index is 1.93. The second kappa shape index (κ2) is 8.07. The first-order valence-electron chi connectivity index (χ1n) is 9.96. The molecule has 1 N–H and O–H groups in total. The molecule has 1 heterocycles. The van der Waals surface area contributed by atoms with E-state index in [0.717, 1.165) is 38.4 Å². The highest BCUT2D eigenvalue weighted by molar-refractivity contribution is 5.68. The molecule has 0 radical (unpaired) electrons. The third-order valence-electron chi connectivity index (χ3n) is 5.91. The van der Waals surface area contributed by atoms with Crippen LogP contribution in [-0.4, -0.2) is 42.3 Å². The average Bonchev–Trinajstić information content (AvgIpc) is 2.53. The normalized spacial score (nSPS) is 31.8. The predicted octanol–water partition coefficient (Wildman–Crippen LogP) is 4.58. The van der Waals surface area contributed by atoms with Crippen LogP contribution in [0.25, 0.3) is 0 Å². The maximum absolute atomic E-state index is 12.5. The van der Waals surface area contributed by atoms with Crippen LogP contribution in [0.15, 0.2) is 0 Å². The van der Waals surface area contributed by atoms with E-state index >= 15 is 0 Å². The molecule has 4 nitrogen and oxygen atoms in total. The second-order valence-corrected chi connectivity index (χ2v) is 9.11. The van der Waals surface area contributed by atoms with Crippen molar-refractivity contribution < 1.29 is 9.53 Å². The topological polar surface area (TPSA) is 41.6 Å². The SMILES string of the molecule is CCC1(CNC2CCCCC2C)CCCN(C(=O)OC(C)(C)C)C1. The van der Waals surface area contributed by atoms with E-state index in [-0.39, 0.29) is 11.5 Å². The van der Waals surface area contributed by atoms with Crippen molar-refractivity contribution in [2.75, 3.05) is 19.6 Å². The molecule has 1 saturated carbocycles. The lowest BCUT2D eigenvalue weighted by Gasteiger charge is -2.44. The minimum Gasteiger partial charge on any atom is -0.444 e. The molecule has 140 valence electrons. The molecule has 0 aromatic carbocycles. The highest BCUT2D eigenvalue weighted by Crippen LogP contribution is 2.34. The van der Waals surface area contributed by atoms with E-state index in [1.54, 1.807) is 0 Å². The van der Waals surface area contributed by atoms with E-state index in [9.17, 15) is 4.79 Å². The van der Waals surface area contributed by atoms with Gasteiger partial charge in [-0.1, -0.05) is 26.7 Å². The zero-order valence-corrected chi connectivity index (χ0v) is 16.5. The van der Waals surface area contributed by atoms with Gasteiger partial charge in [0, 0.05) is 31.1 Å². The molecule has 0 aromatic rings. The van der Waals surface area contributed by atoms with E-state index in [0.29, 0.717) is 6.04 Å². The first-order valence-corrected chi connectivity index (χ1v) is 9.96. The number of nitrogens with zero attached hydrogens (tertiary/aromatic N) is 1. The average molecular weight is 339 g/mol. The van der Waals surface area contributed by atoms with Gasteiger partial charge in [-0.25, -0.2) is 4.79 Å². The lowest BCUT2D eigenvalue weighted by Crippen LogP contribution is -2.53. The van der Waals surface area contributed by atoms with Gasteiger partial charge >= 0.3 is 6.09 Å². The van der Waals surface area contributed by atoms with Gasteiger partial charge in [0.2, 0.25) is 0 Å². The number of likely N-dealkylation sites (tertiary alicyclic amines) is 1. The summed E-state index contributed by atoms with van der Waals surface area (Å²) in [5, 5.41) is 3.86. The molecule has 1 saturated heterocycles. The molecular weight excluding hydrogens is 300 g/mol. The molecule has 3 atom stereocenters. The summed E-state index contributed by atoms with van der Waals surface area (Å²) in [7, 11) is 0. The summed E-state index contributed by atoms with van der Waals surface area (Å²) in [6, 6.07) is 0.652. The van der Waals surface area contributed by atoms with Crippen molar-refractivity contribution in [2.45, 2.75) is 91.2 Å². The van der Waals surface area contributed by atoms with Crippen LogP contribution in [0.3, 0.4) is 0 Å². The van der Waals surface area contributed by atoms with Gasteiger partial charge in [0.15, 0.2) is 0 Å². The quantitative estimate of drug-likeness (QED) is 0.815. The van der Waals surface area contributed by atoms with E-state index in [1.165, 1.54) is 32.1 Å². The van der Waals surface area contributed by atoms with Crippen molar-refractivity contribution in [3.8, 4) is 0 Å². The zero-order chi connectivity index (χ0) is 17.8. The van der Waals surface area contributed by atoms with E-state index in [2.05, 4.69) is 19.2 Å². The fourth-order valence-electron chi connectivity index (χ4n) is 4.22. The Kier molecular flexibility index (Phi) is 6.58. The van der Waals surface area contributed by atoms with Gasteiger partial charge in [-0.05, 0) is 58.8 Å². The lowest BCUT2D eigenvalue weighted by atomic mass is 9.76. The summed E-state index contributed by atoms with van der Waals surface area (Å²) >= 11 is 0. The number of nitrogens with one attached hydrogen (secondary N) is 1. The van der Waals surface area contributed by atoms with Gasteiger partial charge in [0.1, 0.15) is 5.60 Å². The number of piperidine rings is 1. The van der Waals surface area contributed by atoms with Crippen molar-refractivity contribution in [3.05, 3.63) is 0 Å². The first kappa shape index (κ1) is 19.6. The number of amides is 1. The van der Waals surface area contributed by atoms with Crippen molar-refractivity contribution >= 4 is 6.09 Å². The third-order valence-corrected chi connectivity index (χ3v) is 5.91. The summed E-state index contributed by atoms with van der Waals surface area (Å²) in [6.45, 7) is 13.1. The van der Waals surface area contributed by atoms with Crippen LogP contribution < -0.4 is 5.32 Å². The van der Waals surface area contributed by atoms with Crippen molar-refractivity contribution in [3.63, 3.8) is 0 Å². The molecular formula is C20H38N2O2. The molecule has 1 aliphatic heterocycles. The van der Waals surface area contributed by atoms with Crippen LogP contribution >= 0.6 is 0 Å². The minimum atomic E-state index is -0.417. The molecule has 3 unspecified atom stereocenters. The van der Waals surface area contributed by atoms with E-state index in [1.807, 2.05) is 25.7 Å². The van der Waals surface area contributed by atoms with E-state index < -0.39 is 5.60 Å². The maximum Gasteiger partial charge on any atom is 0.410 e. The number of hydrogen-bond acceptors (Lipinski definition) is 3. The minimum absolute atomic E-state index is 0.147. The van der Waals surface area contributed by atoms with Gasteiger partial charge in [-0.2, -0.15) is 0 Å². The highest BCUT2D eigenvalue weighted by Gasteiger charge is 2.38. The standard InChI is InChI=1S/C20H38N2O2/c1-6-20(14-21-17-11-8-7-10-16(17)2)12-9-13-22(15-20)18(23)24-19(3,4)5/h16-17,21H,6-15H2,1-5H3. The van der Waals surface area contributed by atoms with Crippen LogP contribution in [0, 0.1) is 11.3 Å². The van der Waals surface area contributed by atoms with Gasteiger partial charge in [0.05, 0.1) is 0 Å². The van der Waals surface area contributed by atoms with Crippen LogP contribution in [0.1, 0.15) is 79.6 Å². The molecule has 24 heavy (non-hydrogen) atoms. The molecule has 1 amide bonds. The molecule has 0 aromatic heterocycles. The Morgan fingerprint density at radius 1 is 1.25 bits per heavy atom. The zero-order valence-electron chi connectivity index (χ0n) is 16.5. The van der Waals surface area contributed by atoms with Crippen molar-refractivity contribution in [1.82, 2.24) is 10.2 Å². The van der Waals surface area contributed by atoms with Gasteiger partial charge in [-0.15, -0.1) is 0 Å². The molecule has 1 aliphatic carbocycles. The van der Waals surface area contributed by atoms with Crippen molar-refractivity contribution in [1.29, 1.82) is 0 Å². The fourth-order valence-corrected chi connectivity index (χ4v) is 4.22. The fraction of sp³-hybridized carbons (Fsp3) is 0.950. The Morgan fingerprint density at radius 3 is 2.58 bits per heavy atom. The number of carbonyl (C=O) groups is 1. The van der Waals surface area contributed by atoms with Crippen LogP contribution in [0.5, 0.6) is 0 Å². The summed E-state index contributed by atoms with van der Waals surface area (Å²) < 4.78 is 5.59. The van der Waals surface area contributed by atoms with Gasteiger partial charge < -0.3 is 15.0 Å². The third kappa shape index (κ3) is 5.37. The Bertz CT molecular complexity index is 418. The lowest BCUT2D eigenvalue weighted by molar-refractivity contribution is 0.00244. The van der Waals surface area contributed by atoms with E-state index in [4.69, 9.17) is 4.74 Å². The number of hydrogen-bond donors (Lipinski definition) is 1. The monoisotopic (exact) mass is 338 g/mol. The summed E-state index contributed by atoms with van der Waals surface area (Å²) in [5.41, 5.74) is -0.217. The molecule has 0 bridgehead atoms. The first-order chi connectivity index (χ1) is 11.2. The largest absolute Gasteiger partial charge is 0.444 e. The summed E-state index contributed by atoms with van der Waals surface area (Å²) in [4.78, 5) is 14.4. The van der Waals surface area contributed by atoms with Crippen LogP contribution in [0.2, 0.25) is 0 Å². The van der Waals surface area contributed by atoms with Crippen molar-refractivity contribution in [2.24, 2.45) is 11.3 Å². The summed E-state index contributed by atoms with van der Waals surface area (Å²) in [5.74, 6) is 0.776. The maximum atomic E-state index is 12.5. The van der Waals surface area contributed by atoms with Crippen LogP contribution in [-0.2, 0) is 4.74 Å². The number of carbonyl (C=O) groups excluding carboxylic acids is 1. The second-order valence-electron chi connectivity index (χ2n) is 9.11.